The Morgan fingerprint density at radius 2 is 1.77 bits per heavy atom. The molecule has 1 aromatic heterocycles. The lowest BCUT2D eigenvalue weighted by Crippen LogP contribution is -2.49. The molecule has 0 radical (unpaired) electrons. The first-order valence-corrected chi connectivity index (χ1v) is 11.6. The molecule has 0 aliphatic heterocycles. The van der Waals surface area contributed by atoms with E-state index in [1.807, 2.05) is 13.2 Å². The van der Waals surface area contributed by atoms with E-state index in [0.29, 0.717) is 18.8 Å². The minimum absolute atomic E-state index is 0.325. The van der Waals surface area contributed by atoms with E-state index in [0.717, 1.165) is 37.1 Å². The Labute approximate surface area is 155 Å². The second-order valence-corrected chi connectivity index (χ2v) is 10.1. The number of rotatable bonds is 4. The predicted molar refractivity (Wildman–Crippen MR) is 102 cm³/mol. The summed E-state index contributed by atoms with van der Waals surface area (Å²) in [6.07, 6.45) is 12.1. The van der Waals surface area contributed by atoms with Crippen LogP contribution in [-0.2, 0) is 16.9 Å². The van der Waals surface area contributed by atoms with Gasteiger partial charge in [0.15, 0.2) is 9.84 Å². The zero-order valence-electron chi connectivity index (χ0n) is 15.7. The highest BCUT2D eigenvalue weighted by molar-refractivity contribution is 7.91. The largest absolute Gasteiger partial charge is 0.334 e. The van der Waals surface area contributed by atoms with Gasteiger partial charge >= 0.3 is 6.03 Å². The van der Waals surface area contributed by atoms with Crippen LogP contribution in [0.1, 0.15) is 69.4 Å². The maximum atomic E-state index is 12.5. The summed E-state index contributed by atoms with van der Waals surface area (Å²) in [6.45, 7) is 0. The van der Waals surface area contributed by atoms with Crippen molar-refractivity contribution in [3.05, 3.63) is 11.9 Å². The maximum Gasteiger partial charge on any atom is 0.319 e. The van der Waals surface area contributed by atoms with Crippen molar-refractivity contribution in [3.63, 3.8) is 0 Å². The van der Waals surface area contributed by atoms with Crippen LogP contribution in [0.4, 0.5) is 10.5 Å². The molecule has 2 atom stereocenters. The molecule has 0 aromatic carbocycles. The lowest BCUT2D eigenvalue weighted by molar-refractivity contribution is 0.244. The molecule has 3 rings (SSSR count). The molecule has 0 spiro atoms. The molecule has 1 heterocycles. The SMILES string of the molecule is Cn1cc(NC(=O)N[C@@H]2CCCC[C@H]2S(C)(=O)=O)c(C2CCCCC2)n1. The van der Waals surface area contributed by atoms with Gasteiger partial charge in [-0.25, -0.2) is 13.2 Å². The van der Waals surface area contributed by atoms with Crippen LogP contribution in [0.5, 0.6) is 0 Å². The highest BCUT2D eigenvalue weighted by Crippen LogP contribution is 2.35. The van der Waals surface area contributed by atoms with E-state index >= 15 is 0 Å². The number of nitrogens with one attached hydrogen (secondary N) is 2. The molecule has 7 nitrogen and oxygen atoms in total. The fourth-order valence-electron chi connectivity index (χ4n) is 4.38. The topological polar surface area (TPSA) is 93.1 Å². The Balaban J connectivity index is 1.68. The number of carbonyl (C=O) groups is 1. The minimum atomic E-state index is -3.17. The number of aryl methyl sites for hydroxylation is 1. The van der Waals surface area contributed by atoms with Crippen molar-refractivity contribution in [2.24, 2.45) is 7.05 Å². The third kappa shape index (κ3) is 4.58. The van der Waals surface area contributed by atoms with Crippen LogP contribution in [0.3, 0.4) is 0 Å². The molecular formula is C18H30N4O3S. The van der Waals surface area contributed by atoms with E-state index in [1.54, 1.807) is 4.68 Å². The molecule has 26 heavy (non-hydrogen) atoms. The summed E-state index contributed by atoms with van der Waals surface area (Å²) in [5.41, 5.74) is 1.69. The van der Waals surface area contributed by atoms with E-state index < -0.39 is 15.1 Å². The summed E-state index contributed by atoms with van der Waals surface area (Å²) in [6, 6.07) is -0.663. The van der Waals surface area contributed by atoms with Crippen LogP contribution < -0.4 is 10.6 Å². The molecule has 2 aliphatic carbocycles. The normalized spacial score (nSPS) is 25.0. The molecule has 0 bridgehead atoms. The van der Waals surface area contributed by atoms with Crippen molar-refractivity contribution >= 4 is 21.6 Å². The number of carbonyl (C=O) groups excluding carboxylic acids is 1. The van der Waals surface area contributed by atoms with Gasteiger partial charge < -0.3 is 10.6 Å². The summed E-state index contributed by atoms with van der Waals surface area (Å²) >= 11 is 0. The molecule has 2 fully saturated rings. The van der Waals surface area contributed by atoms with Crippen LogP contribution in [0, 0.1) is 0 Å². The van der Waals surface area contributed by atoms with E-state index in [4.69, 9.17) is 0 Å². The van der Waals surface area contributed by atoms with Crippen LogP contribution in [0.25, 0.3) is 0 Å². The Morgan fingerprint density at radius 1 is 1.12 bits per heavy atom. The third-order valence-corrected chi connectivity index (χ3v) is 7.33. The summed E-state index contributed by atoms with van der Waals surface area (Å²) in [4.78, 5) is 12.5. The summed E-state index contributed by atoms with van der Waals surface area (Å²) in [5.74, 6) is 0.388. The molecule has 0 saturated heterocycles. The monoisotopic (exact) mass is 382 g/mol. The van der Waals surface area contributed by atoms with E-state index in [1.165, 1.54) is 25.5 Å². The Morgan fingerprint density at radius 3 is 2.46 bits per heavy atom. The molecule has 0 unspecified atom stereocenters. The number of urea groups is 1. The number of hydrogen-bond donors (Lipinski definition) is 2. The van der Waals surface area contributed by atoms with Gasteiger partial charge in [-0.3, -0.25) is 4.68 Å². The minimum Gasteiger partial charge on any atom is -0.334 e. The average molecular weight is 383 g/mol. The standard InChI is InChI=1S/C18H30N4O3S/c1-22-12-15(17(21-22)13-8-4-3-5-9-13)20-18(23)19-14-10-6-7-11-16(14)26(2,24)25/h12-14,16H,3-11H2,1-2H3,(H2,19,20,23)/t14-,16-/m1/s1. The van der Waals surface area contributed by atoms with Crippen LogP contribution in [0.15, 0.2) is 6.20 Å². The lowest BCUT2D eigenvalue weighted by Gasteiger charge is -2.30. The fraction of sp³-hybridized carbons (Fsp3) is 0.778. The van der Waals surface area contributed by atoms with Gasteiger partial charge in [0, 0.05) is 31.5 Å². The van der Waals surface area contributed by atoms with Crippen molar-refractivity contribution < 1.29 is 13.2 Å². The molecular weight excluding hydrogens is 352 g/mol. The predicted octanol–water partition coefficient (Wildman–Crippen LogP) is 2.95. The van der Waals surface area contributed by atoms with E-state index in [2.05, 4.69) is 15.7 Å². The lowest BCUT2D eigenvalue weighted by atomic mass is 9.86. The van der Waals surface area contributed by atoms with Gasteiger partial charge in [-0.1, -0.05) is 32.1 Å². The van der Waals surface area contributed by atoms with E-state index in [-0.39, 0.29) is 12.1 Å². The second-order valence-electron chi connectivity index (χ2n) is 7.79. The quantitative estimate of drug-likeness (QED) is 0.837. The Bertz CT molecular complexity index is 738. The fourth-order valence-corrected chi connectivity index (χ4v) is 5.78. The van der Waals surface area contributed by atoms with Crippen molar-refractivity contribution in [1.82, 2.24) is 15.1 Å². The van der Waals surface area contributed by atoms with Crippen molar-refractivity contribution in [2.45, 2.75) is 75.0 Å². The number of hydrogen-bond acceptors (Lipinski definition) is 4. The first-order valence-electron chi connectivity index (χ1n) is 9.64. The highest BCUT2D eigenvalue weighted by atomic mass is 32.2. The number of sulfone groups is 1. The molecule has 1 aromatic rings. The van der Waals surface area contributed by atoms with Crippen molar-refractivity contribution in [1.29, 1.82) is 0 Å². The van der Waals surface area contributed by atoms with Crippen LogP contribution in [0.2, 0.25) is 0 Å². The first-order chi connectivity index (χ1) is 12.3. The number of nitrogens with zero attached hydrogens (tertiary/aromatic N) is 2. The van der Waals surface area contributed by atoms with Crippen molar-refractivity contribution in [2.75, 3.05) is 11.6 Å². The molecule has 2 amide bonds. The second kappa shape index (κ2) is 7.98. The number of amides is 2. The van der Waals surface area contributed by atoms with Gasteiger partial charge in [0.25, 0.3) is 0 Å². The van der Waals surface area contributed by atoms with Gasteiger partial charge in [0.2, 0.25) is 0 Å². The molecule has 146 valence electrons. The van der Waals surface area contributed by atoms with Crippen LogP contribution >= 0.6 is 0 Å². The molecule has 2 saturated carbocycles. The molecule has 2 N–H and O–H groups in total. The Kier molecular flexibility index (Phi) is 5.89. The zero-order chi connectivity index (χ0) is 18.7. The first kappa shape index (κ1) is 19.2. The van der Waals surface area contributed by atoms with Crippen molar-refractivity contribution in [3.8, 4) is 0 Å². The highest BCUT2D eigenvalue weighted by Gasteiger charge is 2.34. The zero-order valence-corrected chi connectivity index (χ0v) is 16.5. The average Bonchev–Trinajstić information content (AvgIpc) is 2.95. The molecule has 8 heteroatoms. The third-order valence-electron chi connectivity index (χ3n) is 5.67. The van der Waals surface area contributed by atoms with E-state index in [9.17, 15) is 13.2 Å². The van der Waals surface area contributed by atoms with Crippen LogP contribution in [-0.4, -0.2) is 41.8 Å². The smallest absolute Gasteiger partial charge is 0.319 e. The summed E-state index contributed by atoms with van der Waals surface area (Å²) in [7, 11) is -1.32. The van der Waals surface area contributed by atoms with Gasteiger partial charge in [0.1, 0.15) is 0 Å². The van der Waals surface area contributed by atoms with Gasteiger partial charge in [-0.15, -0.1) is 0 Å². The summed E-state index contributed by atoms with van der Waals surface area (Å²) < 4.78 is 25.8. The molecule has 2 aliphatic rings. The Hall–Kier alpha value is -1.57. The van der Waals surface area contributed by atoms with Gasteiger partial charge in [-0.05, 0) is 25.7 Å². The summed E-state index contributed by atoms with van der Waals surface area (Å²) in [5, 5.41) is 9.89. The number of aromatic nitrogens is 2. The van der Waals surface area contributed by atoms with Gasteiger partial charge in [0.05, 0.1) is 16.6 Å². The maximum absolute atomic E-state index is 12.5. The van der Waals surface area contributed by atoms with Gasteiger partial charge in [-0.2, -0.15) is 5.10 Å². The number of anilines is 1.